The second-order valence-electron chi connectivity index (χ2n) is 9.19. The first-order valence-electron chi connectivity index (χ1n) is 13.1. The molecule has 200 valence electrons. The van der Waals surface area contributed by atoms with Crippen LogP contribution in [0.1, 0.15) is 28.4 Å². The number of aromatic nitrogens is 1. The van der Waals surface area contributed by atoms with Crippen molar-refractivity contribution < 1.29 is 14.3 Å². The number of fused-ring (bicyclic) bond motifs is 1. The Morgan fingerprint density at radius 1 is 1.08 bits per heavy atom. The third-order valence-electron chi connectivity index (χ3n) is 6.58. The van der Waals surface area contributed by atoms with Gasteiger partial charge in [-0.2, -0.15) is 16.9 Å². The number of nitrogens with zero attached hydrogens (tertiary/aromatic N) is 3. The summed E-state index contributed by atoms with van der Waals surface area (Å²) in [6.07, 6.45) is 1.67. The van der Waals surface area contributed by atoms with Crippen LogP contribution in [0.15, 0.2) is 77.9 Å². The van der Waals surface area contributed by atoms with Crippen molar-refractivity contribution in [3.05, 3.63) is 89.5 Å². The van der Waals surface area contributed by atoms with Gasteiger partial charge in [-0.05, 0) is 55.0 Å². The molecule has 39 heavy (non-hydrogen) atoms. The van der Waals surface area contributed by atoms with Gasteiger partial charge < -0.3 is 9.47 Å². The Morgan fingerprint density at radius 2 is 1.92 bits per heavy atom. The van der Waals surface area contributed by atoms with Gasteiger partial charge in [0.2, 0.25) is 0 Å². The highest BCUT2D eigenvalue weighted by molar-refractivity contribution is 7.99. The summed E-state index contributed by atoms with van der Waals surface area (Å²) in [6, 6.07) is 23.1. The number of nitrogens with one attached hydrogen (secondary N) is 1. The van der Waals surface area contributed by atoms with Gasteiger partial charge in [0, 0.05) is 47.7 Å². The van der Waals surface area contributed by atoms with E-state index < -0.39 is 0 Å². The normalized spacial score (nSPS) is 14.0. The van der Waals surface area contributed by atoms with Crippen molar-refractivity contribution >= 4 is 34.8 Å². The molecule has 1 aliphatic rings. The lowest BCUT2D eigenvalue weighted by atomic mass is 10.0. The number of hydrogen-bond acceptors (Lipinski definition) is 7. The molecule has 8 heteroatoms. The number of thioether (sulfide) groups is 1. The summed E-state index contributed by atoms with van der Waals surface area (Å²) < 4.78 is 11.2. The molecule has 0 spiro atoms. The van der Waals surface area contributed by atoms with Crippen LogP contribution >= 0.6 is 11.8 Å². The van der Waals surface area contributed by atoms with Gasteiger partial charge >= 0.3 is 0 Å². The SMILES string of the molecule is CCOc1cccc(-c2cc(C(=O)N/N=C\c3ccc(OC)c(CN4CCSCC4)c3)c3ccccc3n2)c1. The molecule has 1 saturated heterocycles. The quantitative estimate of drug-likeness (QED) is 0.219. The second kappa shape index (κ2) is 12.8. The lowest BCUT2D eigenvalue weighted by Gasteiger charge is -2.26. The first-order chi connectivity index (χ1) is 19.1. The Balaban J connectivity index is 1.37. The molecule has 1 N–H and O–H groups in total. The summed E-state index contributed by atoms with van der Waals surface area (Å²) in [7, 11) is 1.69. The van der Waals surface area contributed by atoms with Crippen LogP contribution in [-0.4, -0.2) is 60.3 Å². The fourth-order valence-electron chi connectivity index (χ4n) is 4.65. The van der Waals surface area contributed by atoms with Gasteiger partial charge in [0.15, 0.2) is 0 Å². The topological polar surface area (TPSA) is 76.1 Å². The minimum atomic E-state index is -0.299. The number of rotatable bonds is 9. The molecule has 1 fully saturated rings. The fraction of sp³-hybridized carbons (Fsp3) is 0.258. The average Bonchev–Trinajstić information content (AvgIpc) is 2.97. The molecule has 0 atom stereocenters. The zero-order valence-electron chi connectivity index (χ0n) is 22.2. The second-order valence-corrected chi connectivity index (χ2v) is 10.4. The number of benzene rings is 3. The number of ether oxygens (including phenoxy) is 2. The molecule has 0 saturated carbocycles. The molecular weight excluding hydrogens is 508 g/mol. The van der Waals surface area contributed by atoms with Crippen molar-refractivity contribution in [2.75, 3.05) is 38.3 Å². The Labute approximate surface area is 233 Å². The molecule has 2 heterocycles. The molecule has 1 aliphatic heterocycles. The van der Waals surface area contributed by atoms with Gasteiger partial charge in [-0.1, -0.05) is 30.3 Å². The van der Waals surface area contributed by atoms with Crippen molar-refractivity contribution in [3.63, 3.8) is 0 Å². The largest absolute Gasteiger partial charge is 0.496 e. The molecule has 1 amide bonds. The molecule has 3 aromatic carbocycles. The highest BCUT2D eigenvalue weighted by Crippen LogP contribution is 2.27. The van der Waals surface area contributed by atoms with Gasteiger partial charge in [0.1, 0.15) is 11.5 Å². The van der Waals surface area contributed by atoms with Crippen LogP contribution in [0, 0.1) is 0 Å². The van der Waals surface area contributed by atoms with Crippen LogP contribution in [0.2, 0.25) is 0 Å². The highest BCUT2D eigenvalue weighted by atomic mass is 32.2. The lowest BCUT2D eigenvalue weighted by Crippen LogP contribution is -2.32. The van der Waals surface area contributed by atoms with E-state index in [1.54, 1.807) is 19.4 Å². The van der Waals surface area contributed by atoms with E-state index in [2.05, 4.69) is 21.5 Å². The van der Waals surface area contributed by atoms with E-state index in [-0.39, 0.29) is 5.91 Å². The minimum absolute atomic E-state index is 0.299. The van der Waals surface area contributed by atoms with Crippen LogP contribution in [-0.2, 0) is 6.54 Å². The Hall–Kier alpha value is -3.88. The first kappa shape index (κ1) is 26.7. The molecule has 0 aliphatic carbocycles. The number of carbonyl (C=O) groups is 1. The molecule has 0 bridgehead atoms. The van der Waals surface area contributed by atoms with Crippen LogP contribution < -0.4 is 14.9 Å². The van der Waals surface area contributed by atoms with Crippen molar-refractivity contribution in [2.24, 2.45) is 5.10 Å². The van der Waals surface area contributed by atoms with Crippen molar-refractivity contribution in [1.82, 2.24) is 15.3 Å². The maximum atomic E-state index is 13.3. The molecule has 1 aromatic heterocycles. The lowest BCUT2D eigenvalue weighted by molar-refractivity contribution is 0.0956. The Kier molecular flexibility index (Phi) is 8.75. The number of carbonyl (C=O) groups excluding carboxylic acids is 1. The summed E-state index contributed by atoms with van der Waals surface area (Å²) in [5, 5.41) is 5.05. The van der Waals surface area contributed by atoms with E-state index in [0.29, 0.717) is 17.9 Å². The third kappa shape index (κ3) is 6.58. The van der Waals surface area contributed by atoms with Crippen LogP contribution in [0.3, 0.4) is 0 Å². The number of pyridine rings is 1. The van der Waals surface area contributed by atoms with E-state index in [4.69, 9.17) is 14.5 Å². The Bertz CT molecular complexity index is 1480. The predicted molar refractivity (Wildman–Crippen MR) is 159 cm³/mol. The monoisotopic (exact) mass is 540 g/mol. The number of hydrogen-bond donors (Lipinski definition) is 1. The van der Waals surface area contributed by atoms with Crippen molar-refractivity contribution in [3.8, 4) is 22.8 Å². The van der Waals surface area contributed by atoms with E-state index >= 15 is 0 Å². The van der Waals surface area contributed by atoms with Crippen LogP contribution in [0.4, 0.5) is 0 Å². The highest BCUT2D eigenvalue weighted by Gasteiger charge is 2.15. The molecule has 4 aromatic rings. The smallest absolute Gasteiger partial charge is 0.272 e. The van der Waals surface area contributed by atoms with E-state index in [9.17, 15) is 4.79 Å². The molecule has 0 unspecified atom stereocenters. The zero-order chi connectivity index (χ0) is 27.0. The predicted octanol–water partition coefficient (Wildman–Crippen LogP) is 5.62. The number of amides is 1. The number of hydrazone groups is 1. The van der Waals surface area contributed by atoms with E-state index in [1.807, 2.05) is 79.3 Å². The average molecular weight is 541 g/mol. The van der Waals surface area contributed by atoms with Crippen LogP contribution in [0.25, 0.3) is 22.2 Å². The Morgan fingerprint density at radius 3 is 2.74 bits per heavy atom. The van der Waals surface area contributed by atoms with Gasteiger partial charge in [-0.3, -0.25) is 9.69 Å². The minimum Gasteiger partial charge on any atom is -0.496 e. The summed E-state index contributed by atoms with van der Waals surface area (Å²) in [4.78, 5) is 20.6. The fourth-order valence-corrected chi connectivity index (χ4v) is 5.63. The van der Waals surface area contributed by atoms with Gasteiger partial charge in [0.25, 0.3) is 5.91 Å². The van der Waals surface area contributed by atoms with Crippen molar-refractivity contribution in [1.29, 1.82) is 0 Å². The van der Waals surface area contributed by atoms with Gasteiger partial charge in [-0.25, -0.2) is 10.4 Å². The standard InChI is InChI=1S/C31H32N4O3S/c1-3-38-25-8-6-7-23(18-25)29-19-27(26-9-4-5-10-28(26)33-29)31(36)34-32-20-22-11-12-30(37-2)24(17-22)21-35-13-15-39-16-14-35/h4-12,17-20H,3,13-16,21H2,1-2H3,(H,34,36)/b32-20-. The van der Waals surface area contributed by atoms with E-state index in [0.717, 1.165) is 70.2 Å². The summed E-state index contributed by atoms with van der Waals surface area (Å²) in [6.45, 7) is 5.49. The van der Waals surface area contributed by atoms with Gasteiger partial charge in [-0.15, -0.1) is 0 Å². The number of para-hydroxylation sites is 1. The zero-order valence-corrected chi connectivity index (χ0v) is 23.0. The molecular formula is C31H32N4O3S. The van der Waals surface area contributed by atoms with Crippen LogP contribution in [0.5, 0.6) is 11.5 Å². The first-order valence-corrected chi connectivity index (χ1v) is 14.2. The van der Waals surface area contributed by atoms with E-state index in [1.165, 1.54) is 0 Å². The summed E-state index contributed by atoms with van der Waals surface area (Å²) in [5.41, 5.74) is 7.53. The molecule has 5 rings (SSSR count). The van der Waals surface area contributed by atoms with Crippen molar-refractivity contribution in [2.45, 2.75) is 13.5 Å². The summed E-state index contributed by atoms with van der Waals surface area (Å²) in [5.74, 6) is 3.63. The third-order valence-corrected chi connectivity index (χ3v) is 7.53. The maximum absolute atomic E-state index is 13.3. The van der Waals surface area contributed by atoms with Gasteiger partial charge in [0.05, 0.1) is 36.7 Å². The molecule has 0 radical (unpaired) electrons. The number of methoxy groups -OCH3 is 1. The summed E-state index contributed by atoms with van der Waals surface area (Å²) >= 11 is 1.99. The molecule has 7 nitrogen and oxygen atoms in total. The maximum Gasteiger partial charge on any atom is 0.272 e.